The van der Waals surface area contributed by atoms with Crippen molar-refractivity contribution in [3.05, 3.63) is 21.9 Å². The van der Waals surface area contributed by atoms with Gasteiger partial charge in [-0.3, -0.25) is 0 Å². The van der Waals surface area contributed by atoms with Crippen molar-refractivity contribution < 1.29 is 17.9 Å². The van der Waals surface area contributed by atoms with Gasteiger partial charge in [0.15, 0.2) is 19.9 Å². The molecule has 0 saturated heterocycles. The van der Waals surface area contributed by atoms with Crippen molar-refractivity contribution in [2.45, 2.75) is 22.3 Å². The van der Waals surface area contributed by atoms with Crippen molar-refractivity contribution >= 4 is 32.5 Å². The summed E-state index contributed by atoms with van der Waals surface area (Å²) in [4.78, 5) is 0. The molecule has 19 heavy (non-hydrogen) atoms. The highest BCUT2D eigenvalue weighted by atomic mass is 32.3. The van der Waals surface area contributed by atoms with Crippen LogP contribution in [0.3, 0.4) is 0 Å². The molecule has 7 heteroatoms. The van der Waals surface area contributed by atoms with Crippen molar-refractivity contribution in [1.29, 1.82) is 0 Å². The van der Waals surface area contributed by atoms with Gasteiger partial charge < -0.3 is 9.47 Å². The minimum Gasteiger partial charge on any atom is -0.494 e. The van der Waals surface area contributed by atoms with E-state index < -0.39 is 9.84 Å². The third-order valence-electron chi connectivity index (χ3n) is 2.67. The van der Waals surface area contributed by atoms with Gasteiger partial charge in [0.25, 0.3) is 0 Å². The Balaban J connectivity index is 2.65. The molecular weight excluding hydrogens is 304 g/mol. The zero-order chi connectivity index (χ0) is 14.2. The van der Waals surface area contributed by atoms with Gasteiger partial charge in [0.2, 0.25) is 9.84 Å². The van der Waals surface area contributed by atoms with E-state index in [-0.39, 0.29) is 8.42 Å². The maximum atomic E-state index is 12.7. The van der Waals surface area contributed by atoms with Gasteiger partial charge in [0.1, 0.15) is 0 Å². The number of aryl methyl sites for hydroxylation is 2. The van der Waals surface area contributed by atoms with Crippen molar-refractivity contribution in [2.24, 2.45) is 0 Å². The molecule has 0 bridgehead atoms. The number of hydrogen-bond donors (Lipinski definition) is 0. The summed E-state index contributed by atoms with van der Waals surface area (Å²) < 4.78 is 36.2. The maximum absolute atomic E-state index is 12.7. The van der Waals surface area contributed by atoms with Crippen LogP contribution in [0.5, 0.6) is 11.5 Å². The lowest BCUT2D eigenvalue weighted by Crippen LogP contribution is -2.02. The van der Waals surface area contributed by atoms with Crippen molar-refractivity contribution in [1.82, 2.24) is 0 Å². The third kappa shape index (κ3) is 2.26. The molecule has 0 fully saturated rings. The van der Waals surface area contributed by atoms with Gasteiger partial charge >= 0.3 is 0 Å². The monoisotopic (exact) mass is 318 g/mol. The quantitative estimate of drug-likeness (QED) is 0.868. The number of ether oxygens (including phenoxy) is 2. The molecule has 0 unspecified atom stereocenters. The highest BCUT2D eigenvalue weighted by Gasteiger charge is 2.30. The van der Waals surface area contributed by atoms with Crippen LogP contribution < -0.4 is 9.47 Å². The molecule has 4 nitrogen and oxygen atoms in total. The first-order chi connectivity index (χ1) is 8.93. The third-order valence-corrected chi connectivity index (χ3v) is 7.65. The van der Waals surface area contributed by atoms with Crippen LogP contribution in [0.1, 0.15) is 11.1 Å². The summed E-state index contributed by atoms with van der Waals surface area (Å²) in [5.74, 6) is 0.830. The molecular formula is C12H14O4S3. The zero-order valence-electron chi connectivity index (χ0n) is 11.0. The fourth-order valence-electron chi connectivity index (χ4n) is 1.76. The summed E-state index contributed by atoms with van der Waals surface area (Å²) in [6.07, 6.45) is 0. The summed E-state index contributed by atoms with van der Waals surface area (Å²) in [5, 5.41) is 3.55. The summed E-state index contributed by atoms with van der Waals surface area (Å²) in [6, 6.07) is 0. The van der Waals surface area contributed by atoms with Gasteiger partial charge in [0, 0.05) is 11.1 Å². The second-order valence-corrected chi connectivity index (χ2v) is 8.08. The Morgan fingerprint density at radius 1 is 0.895 bits per heavy atom. The van der Waals surface area contributed by atoms with Crippen LogP contribution in [-0.2, 0) is 9.84 Å². The number of methoxy groups -OCH3 is 2. The van der Waals surface area contributed by atoms with E-state index in [0.717, 1.165) is 11.1 Å². The fraction of sp³-hybridized carbons (Fsp3) is 0.333. The van der Waals surface area contributed by atoms with Crippen LogP contribution in [0.25, 0.3) is 0 Å². The van der Waals surface area contributed by atoms with Gasteiger partial charge in [-0.1, -0.05) is 0 Å². The van der Waals surface area contributed by atoms with E-state index in [2.05, 4.69) is 0 Å². The highest BCUT2D eigenvalue weighted by molar-refractivity contribution is 7.95. The molecule has 0 aliphatic rings. The number of rotatable bonds is 4. The summed E-state index contributed by atoms with van der Waals surface area (Å²) in [5.41, 5.74) is 1.64. The molecule has 0 saturated carbocycles. The number of hydrogen-bond acceptors (Lipinski definition) is 6. The predicted molar refractivity (Wildman–Crippen MR) is 76.7 cm³/mol. The van der Waals surface area contributed by atoms with Crippen LogP contribution >= 0.6 is 22.7 Å². The van der Waals surface area contributed by atoms with E-state index in [1.54, 1.807) is 10.8 Å². The molecule has 2 aromatic heterocycles. The van der Waals surface area contributed by atoms with Crippen LogP contribution in [0.15, 0.2) is 19.2 Å². The Morgan fingerprint density at radius 3 is 1.58 bits per heavy atom. The summed E-state index contributed by atoms with van der Waals surface area (Å²) in [7, 11) is -0.641. The van der Waals surface area contributed by atoms with E-state index in [1.807, 2.05) is 13.8 Å². The van der Waals surface area contributed by atoms with Crippen molar-refractivity contribution in [3.8, 4) is 11.5 Å². The minimum absolute atomic E-state index is 0.229. The normalized spacial score (nSPS) is 11.6. The van der Waals surface area contributed by atoms with E-state index in [0.29, 0.717) is 11.5 Å². The van der Waals surface area contributed by atoms with E-state index in [4.69, 9.17) is 9.47 Å². The molecule has 2 aromatic rings. The number of thiophene rings is 2. The molecule has 0 radical (unpaired) electrons. The lowest BCUT2D eigenvalue weighted by atomic mass is 10.4. The molecule has 0 spiro atoms. The van der Waals surface area contributed by atoms with Gasteiger partial charge in [-0.25, -0.2) is 8.42 Å². The second kappa shape index (κ2) is 5.15. The van der Waals surface area contributed by atoms with E-state index >= 15 is 0 Å². The van der Waals surface area contributed by atoms with Crippen molar-refractivity contribution in [2.75, 3.05) is 14.2 Å². The average molecular weight is 318 g/mol. The molecule has 0 atom stereocenters. The topological polar surface area (TPSA) is 52.6 Å². The Morgan fingerprint density at radius 2 is 1.26 bits per heavy atom. The van der Waals surface area contributed by atoms with Crippen LogP contribution in [-0.4, -0.2) is 22.6 Å². The molecule has 0 aliphatic carbocycles. The highest BCUT2D eigenvalue weighted by Crippen LogP contribution is 2.43. The molecule has 2 rings (SSSR count). The molecule has 2 heterocycles. The minimum atomic E-state index is -3.60. The van der Waals surface area contributed by atoms with E-state index in [1.165, 1.54) is 36.9 Å². The van der Waals surface area contributed by atoms with Gasteiger partial charge in [-0.2, -0.15) is 0 Å². The first kappa shape index (κ1) is 14.4. The fourth-order valence-corrected chi connectivity index (χ4v) is 6.35. The van der Waals surface area contributed by atoms with Crippen LogP contribution in [0, 0.1) is 13.8 Å². The molecule has 104 valence electrons. The van der Waals surface area contributed by atoms with Gasteiger partial charge in [-0.05, 0) is 24.6 Å². The summed E-state index contributed by atoms with van der Waals surface area (Å²) in [6.45, 7) is 3.65. The standard InChI is InChI=1S/C12H14O4S3/c1-7-5-17-11(9(7)15-3)19(13,14)12-10(16-4)8(2)6-18-12/h5-6H,1-4H3. The van der Waals surface area contributed by atoms with Crippen LogP contribution in [0.2, 0.25) is 0 Å². The Labute approximate surface area is 120 Å². The lowest BCUT2D eigenvalue weighted by Gasteiger charge is -2.06. The zero-order valence-corrected chi connectivity index (χ0v) is 13.5. The lowest BCUT2D eigenvalue weighted by molar-refractivity contribution is 0.400. The van der Waals surface area contributed by atoms with Gasteiger partial charge in [-0.15, -0.1) is 22.7 Å². The number of sulfone groups is 1. The molecule has 0 N–H and O–H groups in total. The Kier molecular flexibility index (Phi) is 3.89. The first-order valence-electron chi connectivity index (χ1n) is 5.42. The van der Waals surface area contributed by atoms with Gasteiger partial charge in [0.05, 0.1) is 14.2 Å². The second-order valence-electron chi connectivity index (χ2n) is 3.98. The van der Waals surface area contributed by atoms with Crippen LogP contribution in [0.4, 0.5) is 0 Å². The smallest absolute Gasteiger partial charge is 0.232 e. The van der Waals surface area contributed by atoms with E-state index in [9.17, 15) is 8.42 Å². The predicted octanol–water partition coefficient (Wildman–Crippen LogP) is 3.28. The SMILES string of the molecule is COc1c(C)csc1S(=O)(=O)c1scc(C)c1OC. The first-order valence-corrected chi connectivity index (χ1v) is 8.67. The van der Waals surface area contributed by atoms with Crippen molar-refractivity contribution in [3.63, 3.8) is 0 Å². The molecule has 0 amide bonds. The maximum Gasteiger partial charge on any atom is 0.232 e. The Bertz CT molecular complexity index is 640. The average Bonchev–Trinajstić information content (AvgIpc) is 2.92. The molecule has 0 aromatic carbocycles. The largest absolute Gasteiger partial charge is 0.494 e. The summed E-state index contributed by atoms with van der Waals surface area (Å²) >= 11 is 2.34. The molecule has 0 aliphatic heterocycles. The Hall–Kier alpha value is -1.05.